The number of hydrogen-bond acceptors (Lipinski definition) is 5. The van der Waals surface area contributed by atoms with Crippen LogP contribution in [0, 0.1) is 6.92 Å². The Morgan fingerprint density at radius 2 is 2.17 bits per heavy atom. The molecule has 0 unspecified atom stereocenters. The lowest BCUT2D eigenvalue weighted by atomic mass is 10.1. The molecule has 0 bridgehead atoms. The van der Waals surface area contributed by atoms with Gasteiger partial charge in [0, 0.05) is 25.0 Å². The lowest BCUT2D eigenvalue weighted by Crippen LogP contribution is -2.23. The second kappa shape index (κ2) is 5.31. The predicted octanol–water partition coefficient (Wildman–Crippen LogP) is 2.19. The monoisotopic (exact) mass is 310 g/mol. The van der Waals surface area contributed by atoms with Gasteiger partial charge in [0.05, 0.1) is 11.3 Å². The Hall–Kier alpha value is -2.47. The van der Waals surface area contributed by atoms with Crippen molar-refractivity contribution < 1.29 is 9.90 Å². The van der Waals surface area contributed by atoms with Crippen LogP contribution < -0.4 is 10.2 Å². The van der Waals surface area contributed by atoms with Crippen LogP contribution in [-0.4, -0.2) is 33.6 Å². The van der Waals surface area contributed by atoms with Gasteiger partial charge in [-0.3, -0.25) is 4.79 Å². The summed E-state index contributed by atoms with van der Waals surface area (Å²) in [5.74, 6) is 1.25. The number of fused-ring (bicyclic) bond motifs is 2. The largest absolute Gasteiger partial charge is 0.396 e. The molecule has 2 N–H and O–H groups in total. The van der Waals surface area contributed by atoms with Crippen molar-refractivity contribution in [2.75, 3.05) is 16.8 Å². The van der Waals surface area contributed by atoms with E-state index in [1.54, 1.807) is 12.4 Å². The zero-order valence-electron chi connectivity index (χ0n) is 12.9. The van der Waals surface area contributed by atoms with E-state index in [1.807, 2.05) is 19.1 Å². The molecule has 1 aliphatic carbocycles. The molecule has 0 radical (unpaired) electrons. The number of pyridine rings is 2. The van der Waals surface area contributed by atoms with Crippen LogP contribution in [-0.2, 0) is 6.42 Å². The molecular formula is C17H18N4O2. The minimum atomic E-state index is -0.173. The van der Waals surface area contributed by atoms with Gasteiger partial charge in [0.15, 0.2) is 5.82 Å². The van der Waals surface area contributed by atoms with E-state index >= 15 is 0 Å². The van der Waals surface area contributed by atoms with Crippen LogP contribution in [0.15, 0.2) is 24.5 Å². The van der Waals surface area contributed by atoms with Crippen LogP contribution in [0.4, 0.5) is 17.3 Å². The molecule has 1 saturated carbocycles. The Balaban J connectivity index is 1.91. The molecule has 1 fully saturated rings. The molecule has 2 aliphatic rings. The van der Waals surface area contributed by atoms with Crippen LogP contribution in [0.3, 0.4) is 0 Å². The molecule has 2 aromatic heterocycles. The summed E-state index contributed by atoms with van der Waals surface area (Å²) < 4.78 is 0. The van der Waals surface area contributed by atoms with Crippen LogP contribution in [0.25, 0.3) is 0 Å². The van der Waals surface area contributed by atoms with Gasteiger partial charge in [0.1, 0.15) is 5.82 Å². The van der Waals surface area contributed by atoms with Crippen LogP contribution in [0.2, 0.25) is 0 Å². The smallest absolute Gasteiger partial charge is 0.259 e. The molecule has 0 atom stereocenters. The van der Waals surface area contributed by atoms with Crippen molar-refractivity contribution in [2.45, 2.75) is 32.2 Å². The van der Waals surface area contributed by atoms with Crippen molar-refractivity contribution in [3.63, 3.8) is 0 Å². The minimum absolute atomic E-state index is 0.0370. The number of amides is 1. The first-order chi connectivity index (χ1) is 11.2. The summed E-state index contributed by atoms with van der Waals surface area (Å²) in [6.07, 6.45) is 6.13. The Kier molecular flexibility index (Phi) is 3.27. The number of nitrogens with zero attached hydrogens (tertiary/aromatic N) is 3. The third-order valence-electron chi connectivity index (χ3n) is 4.31. The topological polar surface area (TPSA) is 78.3 Å². The molecule has 0 saturated heterocycles. The molecular weight excluding hydrogens is 292 g/mol. The van der Waals surface area contributed by atoms with Crippen molar-refractivity contribution in [3.8, 4) is 0 Å². The summed E-state index contributed by atoms with van der Waals surface area (Å²) in [7, 11) is 0. The molecule has 3 heterocycles. The van der Waals surface area contributed by atoms with Gasteiger partial charge < -0.3 is 15.3 Å². The van der Waals surface area contributed by atoms with Crippen LogP contribution >= 0.6 is 0 Å². The highest BCUT2D eigenvalue weighted by molar-refractivity contribution is 6.12. The number of hydrogen-bond donors (Lipinski definition) is 2. The fourth-order valence-corrected chi connectivity index (χ4v) is 2.97. The van der Waals surface area contributed by atoms with Crippen LogP contribution in [0.1, 0.15) is 34.3 Å². The van der Waals surface area contributed by atoms with Gasteiger partial charge in [-0.2, -0.15) is 0 Å². The number of aliphatic hydroxyl groups excluding tert-OH is 1. The quantitative estimate of drug-likeness (QED) is 0.908. The predicted molar refractivity (Wildman–Crippen MR) is 87.1 cm³/mol. The van der Waals surface area contributed by atoms with Crippen molar-refractivity contribution in [1.29, 1.82) is 0 Å². The van der Waals surface area contributed by atoms with Gasteiger partial charge in [-0.05, 0) is 49.4 Å². The SMILES string of the molecule is Cc1ccnc2c1NC(=O)c1cc(CCO)cnc1N2C1CC1. The van der Waals surface area contributed by atoms with Crippen molar-refractivity contribution in [2.24, 2.45) is 0 Å². The van der Waals surface area contributed by atoms with Gasteiger partial charge in [-0.1, -0.05) is 0 Å². The molecule has 0 aromatic carbocycles. The second-order valence-corrected chi connectivity index (χ2v) is 6.07. The number of nitrogens with one attached hydrogen (secondary N) is 1. The highest BCUT2D eigenvalue weighted by Crippen LogP contribution is 2.43. The molecule has 0 spiro atoms. The highest BCUT2D eigenvalue weighted by atomic mass is 16.3. The first-order valence-electron chi connectivity index (χ1n) is 7.85. The van der Waals surface area contributed by atoms with Crippen molar-refractivity contribution in [3.05, 3.63) is 41.2 Å². The number of aryl methyl sites for hydroxylation is 1. The Labute approximate surface area is 134 Å². The summed E-state index contributed by atoms with van der Waals surface area (Å²) in [6, 6.07) is 4.06. The lowest BCUT2D eigenvalue weighted by molar-refractivity contribution is 0.102. The van der Waals surface area contributed by atoms with Crippen molar-refractivity contribution in [1.82, 2.24) is 9.97 Å². The van der Waals surface area contributed by atoms with E-state index in [0.29, 0.717) is 23.8 Å². The third kappa shape index (κ3) is 2.35. The number of carbonyl (C=O) groups excluding carboxylic acids is 1. The lowest BCUT2D eigenvalue weighted by Gasteiger charge is -2.24. The average Bonchev–Trinajstić information content (AvgIpc) is 3.36. The summed E-state index contributed by atoms with van der Waals surface area (Å²) in [4.78, 5) is 23.8. The molecule has 23 heavy (non-hydrogen) atoms. The van der Waals surface area contributed by atoms with E-state index in [4.69, 9.17) is 5.11 Å². The van der Waals surface area contributed by atoms with Gasteiger partial charge in [-0.25, -0.2) is 9.97 Å². The molecule has 6 heteroatoms. The molecule has 118 valence electrons. The summed E-state index contributed by atoms with van der Waals surface area (Å²) in [5.41, 5.74) is 3.14. The molecule has 2 aromatic rings. The van der Waals surface area contributed by atoms with E-state index in [9.17, 15) is 4.79 Å². The number of aliphatic hydroxyl groups is 1. The molecule has 1 aliphatic heterocycles. The van der Waals surface area contributed by atoms with Crippen molar-refractivity contribution >= 4 is 23.2 Å². The normalized spacial score (nSPS) is 16.4. The summed E-state index contributed by atoms with van der Waals surface area (Å²) in [6.45, 7) is 2.00. The number of anilines is 3. The summed E-state index contributed by atoms with van der Waals surface area (Å²) >= 11 is 0. The average molecular weight is 310 g/mol. The zero-order chi connectivity index (χ0) is 16.0. The maximum Gasteiger partial charge on any atom is 0.259 e. The van der Waals surface area contributed by atoms with E-state index in [1.165, 1.54) is 0 Å². The Bertz CT molecular complexity index is 786. The minimum Gasteiger partial charge on any atom is -0.396 e. The fourth-order valence-electron chi connectivity index (χ4n) is 2.97. The standard InChI is InChI=1S/C17H18N4O2/c1-10-4-6-18-16-14(10)20-17(23)13-8-11(5-7-22)9-19-15(13)21(16)12-2-3-12/h4,6,8-9,12,22H,2-3,5,7H2,1H3,(H,20,23). The van der Waals surface area contributed by atoms with Gasteiger partial charge in [0.25, 0.3) is 5.91 Å². The third-order valence-corrected chi connectivity index (χ3v) is 4.31. The maximum absolute atomic E-state index is 12.7. The Morgan fingerprint density at radius 3 is 2.91 bits per heavy atom. The van der Waals surface area contributed by atoms with Gasteiger partial charge >= 0.3 is 0 Å². The summed E-state index contributed by atoms with van der Waals surface area (Å²) in [5, 5.41) is 12.1. The number of aromatic nitrogens is 2. The zero-order valence-corrected chi connectivity index (χ0v) is 12.9. The van der Waals surface area contributed by atoms with Crippen LogP contribution in [0.5, 0.6) is 0 Å². The van der Waals surface area contributed by atoms with Gasteiger partial charge in [0.2, 0.25) is 0 Å². The maximum atomic E-state index is 12.7. The number of carbonyl (C=O) groups is 1. The highest BCUT2D eigenvalue weighted by Gasteiger charge is 2.38. The first-order valence-corrected chi connectivity index (χ1v) is 7.85. The van der Waals surface area contributed by atoms with E-state index < -0.39 is 0 Å². The van der Waals surface area contributed by atoms with E-state index in [-0.39, 0.29) is 12.5 Å². The molecule has 4 rings (SSSR count). The Morgan fingerprint density at radius 1 is 1.35 bits per heavy atom. The second-order valence-electron chi connectivity index (χ2n) is 6.07. The number of rotatable bonds is 3. The first kappa shape index (κ1) is 14.1. The molecule has 6 nitrogen and oxygen atoms in total. The molecule has 1 amide bonds. The van der Waals surface area contributed by atoms with E-state index in [0.717, 1.165) is 35.5 Å². The fraction of sp³-hybridized carbons (Fsp3) is 0.353. The van der Waals surface area contributed by atoms with Gasteiger partial charge in [-0.15, -0.1) is 0 Å². The van der Waals surface area contributed by atoms with E-state index in [2.05, 4.69) is 20.2 Å².